The van der Waals surface area contributed by atoms with Crippen LogP contribution in [0.15, 0.2) is 11.6 Å². The largest absolute Gasteiger partial charge is 0.458 e. The Morgan fingerprint density at radius 2 is 1.90 bits per heavy atom. The van der Waals surface area contributed by atoms with Crippen LogP contribution in [0.4, 0.5) is 0 Å². The van der Waals surface area contributed by atoms with Gasteiger partial charge in [0, 0.05) is 34.1 Å². The Morgan fingerprint density at radius 1 is 1.19 bits per heavy atom. The molecule has 2 saturated carbocycles. The van der Waals surface area contributed by atoms with E-state index in [4.69, 9.17) is 4.74 Å². The molecule has 0 saturated heterocycles. The number of nitro groups is 1. The van der Waals surface area contributed by atoms with Gasteiger partial charge in [-0.25, -0.2) is 4.79 Å². The van der Waals surface area contributed by atoms with Crippen molar-refractivity contribution in [2.75, 3.05) is 0 Å². The maximum Gasteiger partial charge on any atom is 0.334 e. The number of nitrogens with zero attached hydrogens (tertiary/aromatic N) is 1. The molecule has 0 bridgehead atoms. The van der Waals surface area contributed by atoms with Gasteiger partial charge < -0.3 is 4.74 Å². The fourth-order valence-electron chi connectivity index (χ4n) is 3.85. The van der Waals surface area contributed by atoms with Gasteiger partial charge in [0.25, 0.3) is 0 Å². The first-order valence-corrected chi connectivity index (χ1v) is 8.66. The van der Waals surface area contributed by atoms with Gasteiger partial charge >= 0.3 is 5.97 Å². The van der Waals surface area contributed by atoms with Crippen molar-refractivity contribution in [1.29, 1.82) is 0 Å². The van der Waals surface area contributed by atoms with Crippen molar-refractivity contribution in [1.82, 2.24) is 0 Å². The van der Waals surface area contributed by atoms with Crippen LogP contribution in [0.1, 0.15) is 44.9 Å². The normalized spacial score (nSPS) is 40.0. The van der Waals surface area contributed by atoms with Gasteiger partial charge in [0.2, 0.25) is 6.04 Å². The fraction of sp³-hybridized carbons (Fsp3) is 0.800. The third kappa shape index (κ3) is 3.15. The van der Waals surface area contributed by atoms with Crippen LogP contribution in [0.25, 0.3) is 0 Å². The molecular formula is C15H20BrNO4. The quantitative estimate of drug-likeness (QED) is 0.329. The van der Waals surface area contributed by atoms with Crippen molar-refractivity contribution < 1.29 is 14.5 Å². The third-order valence-corrected chi connectivity index (χ3v) is 5.92. The smallest absolute Gasteiger partial charge is 0.334 e. The van der Waals surface area contributed by atoms with Crippen molar-refractivity contribution in [3.63, 3.8) is 0 Å². The van der Waals surface area contributed by atoms with Gasteiger partial charge in [-0.05, 0) is 38.0 Å². The number of ether oxygens (including phenoxy) is 1. The summed E-state index contributed by atoms with van der Waals surface area (Å²) in [5.74, 6) is 0.267. The summed E-state index contributed by atoms with van der Waals surface area (Å²) in [6, 6.07) is -0.434. The molecule has 0 spiro atoms. The molecule has 0 amide bonds. The van der Waals surface area contributed by atoms with Gasteiger partial charge in [0.15, 0.2) is 0 Å². The maximum absolute atomic E-state index is 12.2. The van der Waals surface area contributed by atoms with E-state index in [2.05, 4.69) is 22.0 Å². The molecule has 0 unspecified atom stereocenters. The zero-order valence-corrected chi connectivity index (χ0v) is 13.5. The number of fused-ring (bicyclic) bond motifs is 1. The molecule has 2 fully saturated rings. The molecule has 3 rings (SSSR count). The fourth-order valence-corrected chi connectivity index (χ4v) is 4.55. The van der Waals surface area contributed by atoms with Crippen LogP contribution in [-0.2, 0) is 9.53 Å². The Hall–Kier alpha value is -0.910. The molecule has 2 aliphatic carbocycles. The first-order chi connectivity index (χ1) is 10.0. The predicted molar refractivity (Wildman–Crippen MR) is 80.8 cm³/mol. The van der Waals surface area contributed by atoms with Gasteiger partial charge in [0.05, 0.1) is 0 Å². The van der Waals surface area contributed by atoms with E-state index in [1.807, 2.05) is 0 Å². The SMILES string of the molecule is O=C1O[C@H]2CC[C@H](Br)C[C@H]2C=C1C1CCC([N+](=O)[O-])CC1. The second kappa shape index (κ2) is 6.07. The number of carbonyl (C=O) groups is 1. The second-order valence-corrected chi connectivity index (χ2v) is 7.73. The summed E-state index contributed by atoms with van der Waals surface area (Å²) in [6.45, 7) is 0. The lowest BCUT2D eigenvalue weighted by Gasteiger charge is -2.37. The summed E-state index contributed by atoms with van der Waals surface area (Å²) < 4.78 is 5.62. The van der Waals surface area contributed by atoms with E-state index >= 15 is 0 Å². The van der Waals surface area contributed by atoms with Crippen LogP contribution in [0.2, 0.25) is 0 Å². The van der Waals surface area contributed by atoms with E-state index in [0.29, 0.717) is 23.6 Å². The molecule has 21 heavy (non-hydrogen) atoms. The minimum absolute atomic E-state index is 0.0326. The molecule has 0 radical (unpaired) electrons. The summed E-state index contributed by atoms with van der Waals surface area (Å²) in [5.41, 5.74) is 0.777. The van der Waals surface area contributed by atoms with Crippen LogP contribution in [-0.4, -0.2) is 27.9 Å². The molecule has 1 heterocycles. The lowest BCUT2D eigenvalue weighted by atomic mass is 9.77. The van der Waals surface area contributed by atoms with E-state index in [0.717, 1.165) is 37.7 Å². The Morgan fingerprint density at radius 3 is 2.57 bits per heavy atom. The van der Waals surface area contributed by atoms with Crippen LogP contribution in [0, 0.1) is 22.0 Å². The third-order valence-electron chi connectivity index (χ3n) is 5.09. The number of halogens is 1. The van der Waals surface area contributed by atoms with Crippen LogP contribution >= 0.6 is 15.9 Å². The average molecular weight is 358 g/mol. The lowest BCUT2D eigenvalue weighted by molar-refractivity contribution is -0.526. The van der Waals surface area contributed by atoms with Gasteiger partial charge in [-0.2, -0.15) is 0 Å². The van der Waals surface area contributed by atoms with E-state index in [1.54, 1.807) is 0 Å². The molecular weight excluding hydrogens is 338 g/mol. The van der Waals surface area contributed by atoms with Crippen LogP contribution in [0.5, 0.6) is 0 Å². The summed E-state index contributed by atoms with van der Waals surface area (Å²) in [4.78, 5) is 23.3. The lowest BCUT2D eigenvalue weighted by Crippen LogP contribution is -2.39. The number of hydrogen-bond acceptors (Lipinski definition) is 4. The van der Waals surface area contributed by atoms with Crippen molar-refractivity contribution in [3.8, 4) is 0 Å². The van der Waals surface area contributed by atoms with E-state index in [-0.39, 0.29) is 22.9 Å². The summed E-state index contributed by atoms with van der Waals surface area (Å²) in [7, 11) is 0. The minimum Gasteiger partial charge on any atom is -0.458 e. The average Bonchev–Trinajstić information content (AvgIpc) is 2.47. The van der Waals surface area contributed by atoms with E-state index < -0.39 is 6.04 Å². The predicted octanol–water partition coefficient (Wildman–Crippen LogP) is 3.24. The highest BCUT2D eigenvalue weighted by Gasteiger charge is 2.39. The molecule has 0 aromatic heterocycles. The molecule has 0 aromatic rings. The molecule has 6 heteroatoms. The number of alkyl halides is 1. The van der Waals surface area contributed by atoms with Gasteiger partial charge in [-0.15, -0.1) is 0 Å². The van der Waals surface area contributed by atoms with E-state index in [9.17, 15) is 14.9 Å². The minimum atomic E-state index is -0.434. The van der Waals surface area contributed by atoms with Crippen LogP contribution in [0.3, 0.4) is 0 Å². The first-order valence-electron chi connectivity index (χ1n) is 7.75. The van der Waals surface area contributed by atoms with Crippen molar-refractivity contribution in [2.45, 2.75) is 61.9 Å². The van der Waals surface area contributed by atoms with Gasteiger partial charge in [-0.3, -0.25) is 10.1 Å². The summed E-state index contributed by atoms with van der Waals surface area (Å²) >= 11 is 3.66. The van der Waals surface area contributed by atoms with E-state index in [1.165, 1.54) is 0 Å². The Labute approximate surface area is 132 Å². The Balaban J connectivity index is 1.70. The van der Waals surface area contributed by atoms with Crippen LogP contribution < -0.4 is 0 Å². The topological polar surface area (TPSA) is 69.4 Å². The standard InChI is InChI=1S/C15H20BrNO4/c16-11-3-6-14-10(7-11)8-13(15(18)21-14)9-1-4-12(5-2-9)17(19)20/h8-12,14H,1-7H2/t9?,10-,11-,12?,14-/m0/s1. The molecule has 3 aliphatic rings. The molecule has 3 atom stereocenters. The van der Waals surface area contributed by atoms with Crippen molar-refractivity contribution in [3.05, 3.63) is 21.8 Å². The Kier molecular flexibility index (Phi) is 4.33. The highest BCUT2D eigenvalue weighted by Crippen LogP contribution is 2.40. The zero-order valence-electron chi connectivity index (χ0n) is 11.9. The number of hydrogen-bond donors (Lipinski definition) is 0. The first kappa shape index (κ1) is 15.0. The number of esters is 1. The summed E-state index contributed by atoms with van der Waals surface area (Å²) in [6.07, 6.45) is 7.70. The zero-order chi connectivity index (χ0) is 15.0. The molecule has 5 nitrogen and oxygen atoms in total. The second-order valence-electron chi connectivity index (χ2n) is 6.43. The van der Waals surface area contributed by atoms with Crippen molar-refractivity contribution in [2.24, 2.45) is 11.8 Å². The highest BCUT2D eigenvalue weighted by molar-refractivity contribution is 9.09. The van der Waals surface area contributed by atoms with Gasteiger partial charge in [-0.1, -0.05) is 22.0 Å². The monoisotopic (exact) mass is 357 g/mol. The summed E-state index contributed by atoms with van der Waals surface area (Å²) in [5, 5.41) is 10.8. The molecule has 1 aliphatic heterocycles. The molecule has 0 aromatic carbocycles. The highest BCUT2D eigenvalue weighted by atomic mass is 79.9. The molecule has 116 valence electrons. The van der Waals surface area contributed by atoms with Gasteiger partial charge in [0.1, 0.15) is 6.10 Å². The number of carbonyl (C=O) groups excluding carboxylic acids is 1. The van der Waals surface area contributed by atoms with Crippen molar-refractivity contribution >= 4 is 21.9 Å². The number of rotatable bonds is 2. The molecule has 0 N–H and O–H groups in total. The maximum atomic E-state index is 12.2. The Bertz CT molecular complexity index is 470.